The quantitative estimate of drug-likeness (QED) is 0.754. The maximum Gasteiger partial charge on any atom is 0.231 e. The predicted molar refractivity (Wildman–Crippen MR) is 69.9 cm³/mol. The molecule has 18 heavy (non-hydrogen) atoms. The van der Waals surface area contributed by atoms with Gasteiger partial charge in [-0.1, -0.05) is 19.9 Å². The zero-order chi connectivity index (χ0) is 12.8. The fourth-order valence-electron chi connectivity index (χ4n) is 1.76. The summed E-state index contributed by atoms with van der Waals surface area (Å²) in [5.74, 6) is 2.31. The first-order chi connectivity index (χ1) is 8.75. The Hall–Kier alpha value is -1.26. The third-order valence-electron chi connectivity index (χ3n) is 2.68. The number of nitrogens with one attached hydrogen (secondary N) is 1. The zero-order valence-electron chi connectivity index (χ0n) is 11.1. The van der Waals surface area contributed by atoms with Gasteiger partial charge in [0.15, 0.2) is 11.5 Å². The van der Waals surface area contributed by atoms with Gasteiger partial charge in [0, 0.05) is 6.54 Å². The molecule has 1 aliphatic heterocycles. The molecular formula is C14H21NO3. The molecule has 4 nitrogen and oxygen atoms in total. The largest absolute Gasteiger partial charge is 0.454 e. The van der Waals surface area contributed by atoms with Crippen molar-refractivity contribution in [2.24, 2.45) is 5.92 Å². The van der Waals surface area contributed by atoms with Gasteiger partial charge in [0.05, 0.1) is 13.2 Å². The van der Waals surface area contributed by atoms with E-state index in [0.29, 0.717) is 19.3 Å². The second kappa shape index (κ2) is 6.61. The van der Waals surface area contributed by atoms with Crippen molar-refractivity contribution < 1.29 is 14.2 Å². The summed E-state index contributed by atoms with van der Waals surface area (Å²) in [5.41, 5.74) is 1.11. The summed E-state index contributed by atoms with van der Waals surface area (Å²) in [5, 5.41) is 3.34. The lowest BCUT2D eigenvalue weighted by molar-refractivity contribution is 0.122. The molecule has 100 valence electrons. The third-order valence-corrected chi connectivity index (χ3v) is 2.68. The van der Waals surface area contributed by atoms with E-state index in [-0.39, 0.29) is 0 Å². The monoisotopic (exact) mass is 251 g/mol. The SMILES string of the molecule is CC(C)CNCCOCc1ccc2c(c1)OCO2. The summed E-state index contributed by atoms with van der Waals surface area (Å²) in [6.07, 6.45) is 0. The molecule has 1 aromatic carbocycles. The highest BCUT2D eigenvalue weighted by molar-refractivity contribution is 5.44. The van der Waals surface area contributed by atoms with Crippen molar-refractivity contribution >= 4 is 0 Å². The van der Waals surface area contributed by atoms with Gasteiger partial charge in [-0.05, 0) is 30.2 Å². The average Bonchev–Trinajstić information content (AvgIpc) is 2.80. The third kappa shape index (κ3) is 3.89. The zero-order valence-corrected chi connectivity index (χ0v) is 11.1. The minimum Gasteiger partial charge on any atom is -0.454 e. The van der Waals surface area contributed by atoms with Crippen LogP contribution in [-0.4, -0.2) is 26.5 Å². The van der Waals surface area contributed by atoms with Crippen LogP contribution in [0.3, 0.4) is 0 Å². The van der Waals surface area contributed by atoms with Crippen molar-refractivity contribution in [2.45, 2.75) is 20.5 Å². The van der Waals surface area contributed by atoms with Gasteiger partial charge in [-0.15, -0.1) is 0 Å². The van der Waals surface area contributed by atoms with E-state index in [0.717, 1.165) is 36.8 Å². The van der Waals surface area contributed by atoms with Gasteiger partial charge >= 0.3 is 0 Å². The summed E-state index contributed by atoms with van der Waals surface area (Å²) in [4.78, 5) is 0. The molecule has 4 heteroatoms. The van der Waals surface area contributed by atoms with Gasteiger partial charge in [0.25, 0.3) is 0 Å². The van der Waals surface area contributed by atoms with Gasteiger partial charge in [-0.3, -0.25) is 0 Å². The van der Waals surface area contributed by atoms with Crippen LogP contribution in [0.2, 0.25) is 0 Å². The van der Waals surface area contributed by atoms with Crippen molar-refractivity contribution in [3.8, 4) is 11.5 Å². The topological polar surface area (TPSA) is 39.7 Å². The first-order valence-corrected chi connectivity index (χ1v) is 6.42. The molecule has 0 aliphatic carbocycles. The first-order valence-electron chi connectivity index (χ1n) is 6.42. The Morgan fingerprint density at radius 3 is 2.94 bits per heavy atom. The number of rotatable bonds is 7. The van der Waals surface area contributed by atoms with Gasteiger partial charge in [-0.25, -0.2) is 0 Å². The van der Waals surface area contributed by atoms with E-state index in [1.807, 2.05) is 18.2 Å². The molecule has 1 aliphatic rings. The van der Waals surface area contributed by atoms with Crippen molar-refractivity contribution in [3.05, 3.63) is 23.8 Å². The Morgan fingerprint density at radius 1 is 1.28 bits per heavy atom. The Kier molecular flexibility index (Phi) is 4.84. The number of benzene rings is 1. The summed E-state index contributed by atoms with van der Waals surface area (Å²) < 4.78 is 16.2. The minimum atomic E-state index is 0.318. The Morgan fingerprint density at radius 2 is 2.11 bits per heavy atom. The van der Waals surface area contributed by atoms with E-state index in [1.54, 1.807) is 0 Å². The molecule has 0 fully saturated rings. The van der Waals surface area contributed by atoms with Crippen LogP contribution < -0.4 is 14.8 Å². The molecule has 1 aromatic rings. The smallest absolute Gasteiger partial charge is 0.231 e. The molecular weight excluding hydrogens is 230 g/mol. The van der Waals surface area contributed by atoms with Crippen LogP contribution in [-0.2, 0) is 11.3 Å². The lowest BCUT2D eigenvalue weighted by atomic mass is 10.2. The van der Waals surface area contributed by atoms with E-state index in [9.17, 15) is 0 Å². The normalized spacial score (nSPS) is 13.3. The molecule has 0 radical (unpaired) electrons. The van der Waals surface area contributed by atoms with Gasteiger partial charge in [-0.2, -0.15) is 0 Å². The standard InChI is InChI=1S/C14H21NO3/c1-11(2)8-15-5-6-16-9-12-3-4-13-14(7-12)18-10-17-13/h3-4,7,11,15H,5-6,8-10H2,1-2H3. The fourth-order valence-corrected chi connectivity index (χ4v) is 1.76. The average molecular weight is 251 g/mol. The van der Waals surface area contributed by atoms with Crippen LogP contribution in [0.4, 0.5) is 0 Å². The van der Waals surface area contributed by atoms with Crippen LogP contribution in [0.1, 0.15) is 19.4 Å². The van der Waals surface area contributed by atoms with Gasteiger partial charge in [0.2, 0.25) is 6.79 Å². The lowest BCUT2D eigenvalue weighted by Crippen LogP contribution is -2.23. The van der Waals surface area contributed by atoms with E-state index in [2.05, 4.69) is 19.2 Å². The Bertz CT molecular complexity index is 379. The molecule has 0 saturated carbocycles. The van der Waals surface area contributed by atoms with Crippen LogP contribution in [0.15, 0.2) is 18.2 Å². The van der Waals surface area contributed by atoms with Crippen molar-refractivity contribution in [1.82, 2.24) is 5.32 Å². The molecule has 0 unspecified atom stereocenters. The minimum absolute atomic E-state index is 0.318. The Balaban J connectivity index is 1.65. The molecule has 1 N–H and O–H groups in total. The van der Waals surface area contributed by atoms with Crippen molar-refractivity contribution in [3.63, 3.8) is 0 Å². The van der Waals surface area contributed by atoms with Crippen LogP contribution in [0, 0.1) is 5.92 Å². The Labute approximate surface area is 108 Å². The molecule has 0 atom stereocenters. The van der Waals surface area contributed by atoms with Crippen molar-refractivity contribution in [2.75, 3.05) is 26.5 Å². The van der Waals surface area contributed by atoms with Crippen molar-refractivity contribution in [1.29, 1.82) is 0 Å². The maximum absolute atomic E-state index is 5.60. The summed E-state index contributed by atoms with van der Waals surface area (Å²) in [6, 6.07) is 5.91. The van der Waals surface area contributed by atoms with E-state index < -0.39 is 0 Å². The summed E-state index contributed by atoms with van der Waals surface area (Å²) in [6.45, 7) is 7.97. The molecule has 0 aromatic heterocycles. The second-order valence-electron chi connectivity index (χ2n) is 4.84. The fraction of sp³-hybridized carbons (Fsp3) is 0.571. The number of hydrogen-bond acceptors (Lipinski definition) is 4. The molecule has 0 saturated heterocycles. The summed E-state index contributed by atoms with van der Waals surface area (Å²) in [7, 11) is 0. The highest BCUT2D eigenvalue weighted by Gasteiger charge is 2.12. The predicted octanol–water partition coefficient (Wildman–Crippen LogP) is 2.18. The molecule has 0 spiro atoms. The van der Waals surface area contributed by atoms with Gasteiger partial charge < -0.3 is 19.5 Å². The number of hydrogen-bond donors (Lipinski definition) is 1. The number of fused-ring (bicyclic) bond motifs is 1. The van der Waals surface area contributed by atoms with Crippen LogP contribution in [0.25, 0.3) is 0 Å². The van der Waals surface area contributed by atoms with Crippen LogP contribution in [0.5, 0.6) is 11.5 Å². The highest BCUT2D eigenvalue weighted by Crippen LogP contribution is 2.32. The second-order valence-corrected chi connectivity index (χ2v) is 4.84. The maximum atomic E-state index is 5.60. The number of ether oxygens (including phenoxy) is 3. The molecule has 0 bridgehead atoms. The first kappa shape index (κ1) is 13.2. The van der Waals surface area contributed by atoms with E-state index in [4.69, 9.17) is 14.2 Å². The van der Waals surface area contributed by atoms with Crippen LogP contribution >= 0.6 is 0 Å². The molecule has 2 rings (SSSR count). The van der Waals surface area contributed by atoms with E-state index >= 15 is 0 Å². The lowest BCUT2D eigenvalue weighted by Gasteiger charge is -2.08. The summed E-state index contributed by atoms with van der Waals surface area (Å²) >= 11 is 0. The van der Waals surface area contributed by atoms with Gasteiger partial charge in [0.1, 0.15) is 0 Å². The highest BCUT2D eigenvalue weighted by atomic mass is 16.7. The van der Waals surface area contributed by atoms with E-state index in [1.165, 1.54) is 0 Å². The molecule has 0 amide bonds. The molecule has 1 heterocycles.